The second-order valence-electron chi connectivity index (χ2n) is 5.41. The third-order valence-corrected chi connectivity index (χ3v) is 4.97. The number of benzene rings is 1. The molecule has 0 spiro atoms. The first-order chi connectivity index (χ1) is 9.61. The van der Waals surface area contributed by atoms with Gasteiger partial charge in [-0.15, -0.1) is 11.8 Å². The lowest BCUT2D eigenvalue weighted by Gasteiger charge is -2.22. The standard InChI is InChI=1S/C16H23NO2S/c1-12-5-6-15(10-13(12)2)20-9-7-16(19)17-8-3-4-14(17)11-18/h5-6,10,14,18H,3-4,7-9,11H2,1-2H3. The molecule has 0 aromatic heterocycles. The largest absolute Gasteiger partial charge is 0.394 e. The van der Waals surface area contributed by atoms with Gasteiger partial charge in [0.2, 0.25) is 5.91 Å². The number of aliphatic hydroxyl groups excluding tert-OH is 1. The van der Waals surface area contributed by atoms with Crippen molar-refractivity contribution in [1.82, 2.24) is 4.90 Å². The Morgan fingerprint density at radius 3 is 2.90 bits per heavy atom. The number of carbonyl (C=O) groups is 1. The van der Waals surface area contributed by atoms with Crippen molar-refractivity contribution in [2.75, 3.05) is 18.9 Å². The fourth-order valence-corrected chi connectivity index (χ4v) is 3.49. The third kappa shape index (κ3) is 3.76. The summed E-state index contributed by atoms with van der Waals surface area (Å²) in [5, 5.41) is 9.25. The number of aryl methyl sites for hydroxylation is 2. The number of rotatable bonds is 5. The molecule has 1 saturated heterocycles. The molecule has 1 fully saturated rings. The molecule has 3 nitrogen and oxygen atoms in total. The highest BCUT2D eigenvalue weighted by Crippen LogP contribution is 2.23. The Bertz CT molecular complexity index is 476. The zero-order valence-corrected chi connectivity index (χ0v) is 13.1. The van der Waals surface area contributed by atoms with Crippen molar-refractivity contribution in [1.29, 1.82) is 0 Å². The van der Waals surface area contributed by atoms with Crippen molar-refractivity contribution >= 4 is 17.7 Å². The smallest absolute Gasteiger partial charge is 0.223 e. The van der Waals surface area contributed by atoms with Gasteiger partial charge < -0.3 is 10.0 Å². The fourth-order valence-electron chi connectivity index (χ4n) is 2.56. The first kappa shape index (κ1) is 15.4. The number of hydrogen-bond donors (Lipinski definition) is 1. The summed E-state index contributed by atoms with van der Waals surface area (Å²) in [6, 6.07) is 6.47. The molecule has 110 valence electrons. The molecular weight excluding hydrogens is 270 g/mol. The van der Waals surface area contributed by atoms with Crippen LogP contribution < -0.4 is 0 Å². The van der Waals surface area contributed by atoms with E-state index in [9.17, 15) is 9.90 Å². The molecule has 1 N–H and O–H groups in total. The van der Waals surface area contributed by atoms with Gasteiger partial charge in [0, 0.05) is 23.6 Å². The Morgan fingerprint density at radius 1 is 1.40 bits per heavy atom. The monoisotopic (exact) mass is 293 g/mol. The van der Waals surface area contributed by atoms with Gasteiger partial charge in [0.05, 0.1) is 12.6 Å². The summed E-state index contributed by atoms with van der Waals surface area (Å²) in [6.07, 6.45) is 2.50. The predicted molar refractivity (Wildman–Crippen MR) is 83.1 cm³/mol. The number of aliphatic hydroxyl groups is 1. The summed E-state index contributed by atoms with van der Waals surface area (Å²) in [4.78, 5) is 15.2. The number of carbonyl (C=O) groups excluding carboxylic acids is 1. The maximum Gasteiger partial charge on any atom is 0.223 e. The Kier molecular flexibility index (Phi) is 5.49. The molecule has 1 aliphatic rings. The van der Waals surface area contributed by atoms with Crippen LogP contribution in [0.2, 0.25) is 0 Å². The van der Waals surface area contributed by atoms with Crippen molar-refractivity contribution in [2.45, 2.75) is 44.0 Å². The van der Waals surface area contributed by atoms with Crippen LogP contribution in [0.15, 0.2) is 23.1 Å². The quantitative estimate of drug-likeness (QED) is 0.849. The van der Waals surface area contributed by atoms with Crippen molar-refractivity contribution < 1.29 is 9.90 Å². The highest BCUT2D eigenvalue weighted by Gasteiger charge is 2.27. The molecule has 0 bridgehead atoms. The van der Waals surface area contributed by atoms with Gasteiger partial charge in [0.15, 0.2) is 0 Å². The first-order valence-electron chi connectivity index (χ1n) is 7.22. The summed E-state index contributed by atoms with van der Waals surface area (Å²) in [6.45, 7) is 5.12. The van der Waals surface area contributed by atoms with E-state index in [0.29, 0.717) is 6.42 Å². The Hall–Kier alpha value is -1.00. The molecule has 1 unspecified atom stereocenters. The average molecular weight is 293 g/mol. The summed E-state index contributed by atoms with van der Waals surface area (Å²) in [5.41, 5.74) is 2.59. The lowest BCUT2D eigenvalue weighted by molar-refractivity contribution is -0.132. The number of likely N-dealkylation sites (tertiary alicyclic amines) is 1. The SMILES string of the molecule is Cc1ccc(SCCC(=O)N2CCCC2CO)cc1C. The average Bonchev–Trinajstić information content (AvgIpc) is 2.91. The van der Waals surface area contributed by atoms with Crippen LogP contribution in [-0.4, -0.2) is 40.9 Å². The lowest BCUT2D eigenvalue weighted by Crippen LogP contribution is -2.37. The Morgan fingerprint density at radius 2 is 2.20 bits per heavy atom. The van der Waals surface area contributed by atoms with Crippen LogP contribution in [0.1, 0.15) is 30.4 Å². The van der Waals surface area contributed by atoms with Crippen molar-refractivity contribution in [3.63, 3.8) is 0 Å². The number of nitrogens with zero attached hydrogens (tertiary/aromatic N) is 1. The number of thioether (sulfide) groups is 1. The summed E-state index contributed by atoms with van der Waals surface area (Å²) < 4.78 is 0. The topological polar surface area (TPSA) is 40.5 Å². The van der Waals surface area contributed by atoms with Gasteiger partial charge in [-0.1, -0.05) is 6.07 Å². The number of amides is 1. The lowest BCUT2D eigenvalue weighted by atomic mass is 10.1. The Balaban J connectivity index is 1.80. The van der Waals surface area contributed by atoms with Crippen molar-refractivity contribution in [3.05, 3.63) is 29.3 Å². The molecule has 1 aliphatic heterocycles. The van der Waals surface area contributed by atoms with E-state index in [2.05, 4.69) is 32.0 Å². The van der Waals surface area contributed by atoms with Crippen LogP contribution in [-0.2, 0) is 4.79 Å². The maximum atomic E-state index is 12.1. The minimum absolute atomic E-state index is 0.0501. The second-order valence-corrected chi connectivity index (χ2v) is 6.58. The predicted octanol–water partition coefficient (Wildman–Crippen LogP) is 2.77. The Labute approximate surface area is 125 Å². The van der Waals surface area contributed by atoms with Gasteiger partial charge in [0.1, 0.15) is 0 Å². The van der Waals surface area contributed by atoms with Gasteiger partial charge >= 0.3 is 0 Å². The summed E-state index contributed by atoms with van der Waals surface area (Å²) in [5.74, 6) is 0.980. The van der Waals surface area contributed by atoms with E-state index in [1.165, 1.54) is 16.0 Å². The maximum absolute atomic E-state index is 12.1. The van der Waals surface area contributed by atoms with Crippen LogP contribution >= 0.6 is 11.8 Å². The highest BCUT2D eigenvalue weighted by atomic mass is 32.2. The van der Waals surface area contributed by atoms with E-state index in [0.717, 1.165) is 25.1 Å². The van der Waals surface area contributed by atoms with Gasteiger partial charge in [-0.2, -0.15) is 0 Å². The first-order valence-corrected chi connectivity index (χ1v) is 8.20. The van der Waals surface area contributed by atoms with E-state index in [1.54, 1.807) is 11.8 Å². The molecule has 1 heterocycles. The van der Waals surface area contributed by atoms with Crippen LogP contribution in [0.4, 0.5) is 0 Å². The second kappa shape index (κ2) is 7.14. The van der Waals surface area contributed by atoms with E-state index >= 15 is 0 Å². The summed E-state index contributed by atoms with van der Waals surface area (Å²) >= 11 is 1.73. The minimum atomic E-state index is 0.0501. The molecule has 2 rings (SSSR count). The van der Waals surface area contributed by atoms with Gasteiger partial charge in [0.25, 0.3) is 0 Å². The molecule has 1 atom stereocenters. The molecule has 1 aromatic rings. The van der Waals surface area contributed by atoms with Crippen LogP contribution in [0, 0.1) is 13.8 Å². The molecule has 0 saturated carbocycles. The molecule has 1 amide bonds. The summed E-state index contributed by atoms with van der Waals surface area (Å²) in [7, 11) is 0. The molecule has 1 aromatic carbocycles. The molecule has 0 radical (unpaired) electrons. The van der Waals surface area contributed by atoms with E-state index in [-0.39, 0.29) is 18.6 Å². The van der Waals surface area contributed by atoms with E-state index in [4.69, 9.17) is 0 Å². The molecular formula is C16H23NO2S. The van der Waals surface area contributed by atoms with Crippen LogP contribution in [0.3, 0.4) is 0 Å². The van der Waals surface area contributed by atoms with Crippen LogP contribution in [0.5, 0.6) is 0 Å². The van der Waals surface area contributed by atoms with Crippen LogP contribution in [0.25, 0.3) is 0 Å². The van der Waals surface area contributed by atoms with Gasteiger partial charge in [-0.25, -0.2) is 0 Å². The van der Waals surface area contributed by atoms with E-state index in [1.807, 2.05) is 4.90 Å². The molecule has 4 heteroatoms. The molecule has 0 aliphatic carbocycles. The number of hydrogen-bond acceptors (Lipinski definition) is 3. The minimum Gasteiger partial charge on any atom is -0.394 e. The zero-order chi connectivity index (χ0) is 14.5. The highest BCUT2D eigenvalue weighted by molar-refractivity contribution is 7.99. The third-order valence-electron chi connectivity index (χ3n) is 3.97. The fraction of sp³-hybridized carbons (Fsp3) is 0.562. The zero-order valence-electron chi connectivity index (χ0n) is 12.3. The normalized spacial score (nSPS) is 18.6. The van der Waals surface area contributed by atoms with E-state index < -0.39 is 0 Å². The van der Waals surface area contributed by atoms with Crippen molar-refractivity contribution in [3.8, 4) is 0 Å². The van der Waals surface area contributed by atoms with Gasteiger partial charge in [-0.05, 0) is 49.9 Å². The van der Waals surface area contributed by atoms with Crippen molar-refractivity contribution in [2.24, 2.45) is 0 Å². The van der Waals surface area contributed by atoms with Gasteiger partial charge in [-0.3, -0.25) is 4.79 Å². The molecule has 20 heavy (non-hydrogen) atoms.